The zero-order valence-corrected chi connectivity index (χ0v) is 19.3. The summed E-state index contributed by atoms with van der Waals surface area (Å²) in [6, 6.07) is 6.59. The van der Waals surface area contributed by atoms with Gasteiger partial charge in [0, 0.05) is 30.1 Å². The van der Waals surface area contributed by atoms with Crippen molar-refractivity contribution in [3.8, 4) is 5.75 Å². The molecule has 1 aromatic heterocycles. The fourth-order valence-corrected chi connectivity index (χ4v) is 3.95. The molecule has 3 rings (SSSR count). The van der Waals surface area contributed by atoms with Gasteiger partial charge in [-0.15, -0.1) is 11.3 Å². The number of nitrogens with zero attached hydrogens (tertiary/aromatic N) is 3. The summed E-state index contributed by atoms with van der Waals surface area (Å²) < 4.78 is 10.4. The van der Waals surface area contributed by atoms with Gasteiger partial charge in [-0.1, -0.05) is 0 Å². The molecule has 3 amide bonds. The Morgan fingerprint density at radius 1 is 1.22 bits per heavy atom. The number of benzene rings is 1. The van der Waals surface area contributed by atoms with Gasteiger partial charge in [0.2, 0.25) is 11.8 Å². The Labute approximate surface area is 191 Å². The summed E-state index contributed by atoms with van der Waals surface area (Å²) in [5.41, 5.74) is 1.09. The average Bonchev–Trinajstić information content (AvgIpc) is 3.23. The fourth-order valence-electron chi connectivity index (χ4n) is 3.23. The first kappa shape index (κ1) is 23.7. The van der Waals surface area contributed by atoms with Crippen molar-refractivity contribution in [3.05, 3.63) is 40.9 Å². The summed E-state index contributed by atoms with van der Waals surface area (Å²) >= 11 is 1.26. The van der Waals surface area contributed by atoms with Crippen LogP contribution in [0.5, 0.6) is 5.75 Å². The van der Waals surface area contributed by atoms with Crippen LogP contribution >= 0.6 is 11.3 Å². The van der Waals surface area contributed by atoms with Crippen molar-refractivity contribution in [2.24, 2.45) is 0 Å². The highest BCUT2D eigenvalue weighted by Gasteiger charge is 2.23. The van der Waals surface area contributed by atoms with Crippen LogP contribution in [0.25, 0.3) is 0 Å². The van der Waals surface area contributed by atoms with E-state index in [1.165, 1.54) is 16.2 Å². The fraction of sp³-hybridized carbons (Fsp3) is 0.455. The van der Waals surface area contributed by atoms with Gasteiger partial charge < -0.3 is 24.6 Å². The highest BCUT2D eigenvalue weighted by molar-refractivity contribution is 7.13. The predicted molar refractivity (Wildman–Crippen MR) is 121 cm³/mol. The van der Waals surface area contributed by atoms with Gasteiger partial charge in [0.15, 0.2) is 5.13 Å². The van der Waals surface area contributed by atoms with Crippen LogP contribution in [0, 0.1) is 0 Å². The molecule has 32 heavy (non-hydrogen) atoms. The molecule has 0 saturated carbocycles. The molecule has 0 atom stereocenters. The van der Waals surface area contributed by atoms with E-state index in [2.05, 4.69) is 10.3 Å². The molecular weight excluding hydrogens is 432 g/mol. The second-order valence-corrected chi connectivity index (χ2v) is 8.48. The number of rotatable bonds is 8. The third-order valence-electron chi connectivity index (χ3n) is 5.03. The normalized spacial score (nSPS) is 13.7. The monoisotopic (exact) mass is 460 g/mol. The van der Waals surface area contributed by atoms with Gasteiger partial charge >= 0.3 is 0 Å². The number of carbonyl (C=O) groups excluding carboxylic acids is 3. The van der Waals surface area contributed by atoms with E-state index in [1.807, 2.05) is 13.8 Å². The number of anilines is 1. The second-order valence-electron chi connectivity index (χ2n) is 7.62. The lowest BCUT2D eigenvalue weighted by Gasteiger charge is -2.26. The Morgan fingerprint density at radius 2 is 1.91 bits per heavy atom. The van der Waals surface area contributed by atoms with Crippen molar-refractivity contribution < 1.29 is 23.9 Å². The number of thiazole rings is 1. The van der Waals surface area contributed by atoms with Crippen LogP contribution in [-0.2, 0) is 20.7 Å². The molecule has 1 N–H and O–H groups in total. The second kappa shape index (κ2) is 11.1. The Hall–Kier alpha value is -2.98. The minimum absolute atomic E-state index is 0.00690. The van der Waals surface area contributed by atoms with Gasteiger partial charge in [0.1, 0.15) is 12.3 Å². The smallest absolute Gasteiger partial charge is 0.254 e. The number of nitrogens with one attached hydrogen (secondary N) is 1. The number of morpholine rings is 1. The van der Waals surface area contributed by atoms with E-state index in [0.717, 1.165) is 0 Å². The van der Waals surface area contributed by atoms with Gasteiger partial charge in [-0.2, -0.15) is 0 Å². The summed E-state index contributed by atoms with van der Waals surface area (Å²) in [6.45, 7) is 5.86. The lowest BCUT2D eigenvalue weighted by Crippen LogP contribution is -2.42. The first-order chi connectivity index (χ1) is 15.4. The van der Waals surface area contributed by atoms with Gasteiger partial charge in [-0.05, 0) is 38.1 Å². The quantitative estimate of drug-likeness (QED) is 0.647. The van der Waals surface area contributed by atoms with Crippen molar-refractivity contribution >= 4 is 34.2 Å². The molecule has 172 valence electrons. The maximum absolute atomic E-state index is 12.9. The first-order valence-corrected chi connectivity index (χ1v) is 11.3. The molecule has 0 bridgehead atoms. The number of aromatic nitrogens is 1. The minimum Gasteiger partial charge on any atom is -0.497 e. The topological polar surface area (TPSA) is 101 Å². The number of methoxy groups -OCH3 is 1. The predicted octanol–water partition coefficient (Wildman–Crippen LogP) is 2.04. The van der Waals surface area contributed by atoms with Crippen LogP contribution in [0.15, 0.2) is 29.6 Å². The third-order valence-corrected chi connectivity index (χ3v) is 5.84. The molecule has 1 saturated heterocycles. The zero-order chi connectivity index (χ0) is 23.1. The van der Waals surface area contributed by atoms with Crippen LogP contribution < -0.4 is 10.1 Å². The van der Waals surface area contributed by atoms with E-state index >= 15 is 0 Å². The molecule has 0 radical (unpaired) electrons. The molecule has 1 aliphatic heterocycles. The Kier molecular flexibility index (Phi) is 8.18. The van der Waals surface area contributed by atoms with E-state index in [-0.39, 0.29) is 36.7 Å². The maximum atomic E-state index is 12.9. The lowest BCUT2D eigenvalue weighted by atomic mass is 10.1. The third kappa shape index (κ3) is 6.27. The van der Waals surface area contributed by atoms with Crippen molar-refractivity contribution in [1.29, 1.82) is 0 Å². The SMILES string of the molecule is COc1ccc(C(=O)N(CC(=O)Nc2nc(CC(=O)N3CCOCC3)cs2)C(C)C)cc1. The van der Waals surface area contributed by atoms with E-state index in [4.69, 9.17) is 9.47 Å². The lowest BCUT2D eigenvalue weighted by molar-refractivity contribution is -0.134. The number of carbonyl (C=O) groups is 3. The van der Waals surface area contributed by atoms with Gasteiger partial charge in [0.25, 0.3) is 5.91 Å². The first-order valence-electron chi connectivity index (χ1n) is 10.4. The molecule has 0 spiro atoms. The summed E-state index contributed by atoms with van der Waals surface area (Å²) in [5, 5.41) is 4.90. The van der Waals surface area contributed by atoms with Crippen LogP contribution in [0.3, 0.4) is 0 Å². The Balaban J connectivity index is 1.57. The molecule has 2 aromatic rings. The highest BCUT2D eigenvalue weighted by atomic mass is 32.1. The van der Waals surface area contributed by atoms with E-state index in [9.17, 15) is 14.4 Å². The number of amides is 3. The highest BCUT2D eigenvalue weighted by Crippen LogP contribution is 2.18. The molecule has 0 unspecified atom stereocenters. The number of ether oxygens (including phenoxy) is 2. The Bertz CT molecular complexity index is 938. The maximum Gasteiger partial charge on any atom is 0.254 e. The van der Waals surface area contributed by atoms with Crippen molar-refractivity contribution in [2.75, 3.05) is 45.3 Å². The average molecular weight is 461 g/mol. The van der Waals surface area contributed by atoms with Crippen molar-refractivity contribution in [2.45, 2.75) is 26.3 Å². The largest absolute Gasteiger partial charge is 0.497 e. The number of hydrogen-bond donors (Lipinski definition) is 1. The van der Waals surface area contributed by atoms with E-state index < -0.39 is 0 Å². The molecule has 2 heterocycles. The minimum atomic E-state index is -0.346. The standard InChI is InChI=1S/C22H28N4O5S/c1-15(2)26(21(29)16-4-6-18(30-3)7-5-16)13-19(27)24-22-23-17(14-32-22)12-20(28)25-8-10-31-11-9-25/h4-7,14-15H,8-13H2,1-3H3,(H,23,24,27). The van der Waals surface area contributed by atoms with Crippen LogP contribution in [0.2, 0.25) is 0 Å². The van der Waals surface area contributed by atoms with Gasteiger partial charge in [0.05, 0.1) is 32.4 Å². The van der Waals surface area contributed by atoms with E-state index in [1.54, 1.807) is 41.7 Å². The molecule has 1 fully saturated rings. The van der Waals surface area contributed by atoms with E-state index in [0.29, 0.717) is 48.4 Å². The molecule has 0 aliphatic carbocycles. The Morgan fingerprint density at radius 3 is 2.53 bits per heavy atom. The summed E-state index contributed by atoms with van der Waals surface area (Å²) in [5.74, 6) is 0.0596. The molecule has 1 aromatic carbocycles. The zero-order valence-electron chi connectivity index (χ0n) is 18.5. The number of hydrogen-bond acceptors (Lipinski definition) is 7. The summed E-state index contributed by atoms with van der Waals surface area (Å²) in [4.78, 5) is 45.5. The van der Waals surface area contributed by atoms with Crippen LogP contribution in [-0.4, -0.2) is 78.5 Å². The molecular formula is C22H28N4O5S. The molecule has 10 heteroatoms. The summed E-state index contributed by atoms with van der Waals surface area (Å²) in [6.07, 6.45) is 0.181. The van der Waals surface area contributed by atoms with Gasteiger partial charge in [-0.3, -0.25) is 14.4 Å². The van der Waals surface area contributed by atoms with Crippen molar-refractivity contribution in [1.82, 2.24) is 14.8 Å². The van der Waals surface area contributed by atoms with Gasteiger partial charge in [-0.25, -0.2) is 4.98 Å². The summed E-state index contributed by atoms with van der Waals surface area (Å²) in [7, 11) is 1.56. The van der Waals surface area contributed by atoms with Crippen LogP contribution in [0.1, 0.15) is 29.9 Å². The molecule has 9 nitrogen and oxygen atoms in total. The van der Waals surface area contributed by atoms with Crippen molar-refractivity contribution in [3.63, 3.8) is 0 Å². The molecule has 1 aliphatic rings. The van der Waals surface area contributed by atoms with Crippen LogP contribution in [0.4, 0.5) is 5.13 Å².